The molecule has 2 nitrogen and oxygen atoms in total. The SMILES string of the molecule is CCC1CCC(n2c(C(C)Cl)nc3c(Cl)cccc32)C1C. The maximum atomic E-state index is 6.40. The highest BCUT2D eigenvalue weighted by Crippen LogP contribution is 2.45. The van der Waals surface area contributed by atoms with Gasteiger partial charge in [0, 0.05) is 6.04 Å². The molecule has 0 N–H and O–H groups in total. The van der Waals surface area contributed by atoms with Gasteiger partial charge in [-0.3, -0.25) is 0 Å². The van der Waals surface area contributed by atoms with E-state index < -0.39 is 0 Å². The number of benzene rings is 1. The fraction of sp³-hybridized carbons (Fsp3) is 0.588. The lowest BCUT2D eigenvalue weighted by Crippen LogP contribution is -2.18. The molecule has 114 valence electrons. The molecule has 0 saturated heterocycles. The monoisotopic (exact) mass is 324 g/mol. The maximum absolute atomic E-state index is 6.40. The minimum absolute atomic E-state index is 0.110. The summed E-state index contributed by atoms with van der Waals surface area (Å²) in [7, 11) is 0. The highest BCUT2D eigenvalue weighted by atomic mass is 35.5. The smallest absolute Gasteiger partial charge is 0.128 e. The summed E-state index contributed by atoms with van der Waals surface area (Å²) < 4.78 is 2.36. The van der Waals surface area contributed by atoms with Gasteiger partial charge in [-0.25, -0.2) is 4.98 Å². The first-order valence-corrected chi connectivity index (χ1v) is 8.66. The van der Waals surface area contributed by atoms with Crippen LogP contribution >= 0.6 is 23.2 Å². The van der Waals surface area contributed by atoms with Crippen molar-refractivity contribution in [3.05, 3.63) is 29.0 Å². The first-order chi connectivity index (χ1) is 10.0. The van der Waals surface area contributed by atoms with E-state index >= 15 is 0 Å². The second kappa shape index (κ2) is 5.81. The van der Waals surface area contributed by atoms with Gasteiger partial charge in [0.1, 0.15) is 11.3 Å². The summed E-state index contributed by atoms with van der Waals surface area (Å²) in [5.41, 5.74) is 2.01. The molecule has 4 atom stereocenters. The van der Waals surface area contributed by atoms with E-state index in [1.165, 1.54) is 19.3 Å². The predicted octanol–water partition coefficient (Wildman–Crippen LogP) is 5.99. The van der Waals surface area contributed by atoms with Crippen LogP contribution in [0, 0.1) is 11.8 Å². The molecule has 1 saturated carbocycles. The van der Waals surface area contributed by atoms with Crippen LogP contribution in [0.5, 0.6) is 0 Å². The molecule has 0 aliphatic heterocycles. The van der Waals surface area contributed by atoms with E-state index in [0.29, 0.717) is 17.0 Å². The van der Waals surface area contributed by atoms with Gasteiger partial charge < -0.3 is 4.57 Å². The molecule has 1 aromatic heterocycles. The third-order valence-corrected chi connectivity index (χ3v) is 5.59. The van der Waals surface area contributed by atoms with Gasteiger partial charge >= 0.3 is 0 Å². The Hall–Kier alpha value is -0.730. The highest BCUT2D eigenvalue weighted by molar-refractivity contribution is 6.35. The zero-order valence-corrected chi connectivity index (χ0v) is 14.3. The summed E-state index contributed by atoms with van der Waals surface area (Å²) in [6.07, 6.45) is 3.74. The second-order valence-electron chi connectivity index (χ2n) is 6.24. The molecular weight excluding hydrogens is 303 g/mol. The first kappa shape index (κ1) is 15.2. The first-order valence-electron chi connectivity index (χ1n) is 7.85. The summed E-state index contributed by atoms with van der Waals surface area (Å²) >= 11 is 12.7. The van der Waals surface area contributed by atoms with Crippen molar-refractivity contribution in [1.82, 2.24) is 9.55 Å². The number of halogens is 2. The molecule has 1 aromatic carbocycles. The van der Waals surface area contributed by atoms with Gasteiger partial charge in [-0.05, 0) is 43.7 Å². The Morgan fingerprint density at radius 1 is 1.38 bits per heavy atom. The molecule has 1 fully saturated rings. The van der Waals surface area contributed by atoms with Crippen LogP contribution in [0.3, 0.4) is 0 Å². The van der Waals surface area contributed by atoms with Gasteiger partial charge in [0.15, 0.2) is 0 Å². The van der Waals surface area contributed by atoms with E-state index in [2.05, 4.69) is 24.5 Å². The Labute approximate surface area is 136 Å². The van der Waals surface area contributed by atoms with Crippen molar-refractivity contribution in [3.8, 4) is 0 Å². The van der Waals surface area contributed by atoms with E-state index in [-0.39, 0.29) is 5.38 Å². The molecule has 2 aromatic rings. The van der Waals surface area contributed by atoms with E-state index in [0.717, 1.165) is 22.8 Å². The minimum atomic E-state index is -0.110. The molecule has 1 aliphatic carbocycles. The number of hydrogen-bond donors (Lipinski definition) is 0. The van der Waals surface area contributed by atoms with Crippen molar-refractivity contribution in [1.29, 1.82) is 0 Å². The predicted molar refractivity (Wildman–Crippen MR) is 90.2 cm³/mol. The number of para-hydroxylation sites is 1. The summed E-state index contributed by atoms with van der Waals surface area (Å²) in [4.78, 5) is 4.74. The van der Waals surface area contributed by atoms with E-state index in [1.807, 2.05) is 19.1 Å². The van der Waals surface area contributed by atoms with E-state index in [1.54, 1.807) is 0 Å². The van der Waals surface area contributed by atoms with Crippen LogP contribution in [-0.2, 0) is 0 Å². The Morgan fingerprint density at radius 2 is 2.14 bits per heavy atom. The summed E-state index contributed by atoms with van der Waals surface area (Å²) in [6, 6.07) is 6.50. The van der Waals surface area contributed by atoms with E-state index in [9.17, 15) is 0 Å². The van der Waals surface area contributed by atoms with Crippen molar-refractivity contribution in [2.24, 2.45) is 11.8 Å². The van der Waals surface area contributed by atoms with E-state index in [4.69, 9.17) is 28.2 Å². The van der Waals surface area contributed by atoms with Crippen molar-refractivity contribution < 1.29 is 0 Å². The van der Waals surface area contributed by atoms with Gasteiger partial charge in [0.2, 0.25) is 0 Å². The molecular formula is C17H22Cl2N2. The summed E-state index contributed by atoms with van der Waals surface area (Å²) in [6.45, 7) is 6.65. The third-order valence-electron chi connectivity index (χ3n) is 5.09. The van der Waals surface area contributed by atoms with Crippen LogP contribution in [0.15, 0.2) is 18.2 Å². The molecule has 1 heterocycles. The third kappa shape index (κ3) is 2.47. The van der Waals surface area contributed by atoms with Gasteiger partial charge in [-0.2, -0.15) is 0 Å². The fourth-order valence-electron chi connectivity index (χ4n) is 3.89. The lowest BCUT2D eigenvalue weighted by molar-refractivity contribution is 0.329. The molecule has 1 aliphatic rings. The van der Waals surface area contributed by atoms with Crippen LogP contribution < -0.4 is 0 Å². The van der Waals surface area contributed by atoms with Crippen molar-refractivity contribution in [2.75, 3.05) is 0 Å². The highest BCUT2D eigenvalue weighted by Gasteiger charge is 2.35. The average Bonchev–Trinajstić information content (AvgIpc) is 3.00. The number of rotatable bonds is 3. The Balaban J connectivity index is 2.17. The Bertz CT molecular complexity index is 648. The standard InChI is InChI=1S/C17H22Cl2N2/c1-4-12-8-9-14(10(12)2)21-15-7-5-6-13(19)16(15)20-17(21)11(3)18/h5-7,10-12,14H,4,8-9H2,1-3H3. The van der Waals surface area contributed by atoms with Gasteiger partial charge in [-0.1, -0.05) is 37.9 Å². The molecule has 0 spiro atoms. The summed E-state index contributed by atoms with van der Waals surface area (Å²) in [5.74, 6) is 2.40. The number of imidazole rings is 1. The van der Waals surface area contributed by atoms with Crippen LogP contribution in [0.2, 0.25) is 5.02 Å². The van der Waals surface area contributed by atoms with Crippen LogP contribution in [0.4, 0.5) is 0 Å². The zero-order valence-electron chi connectivity index (χ0n) is 12.8. The normalized spacial score (nSPS) is 27.4. The number of alkyl halides is 1. The lowest BCUT2D eigenvalue weighted by Gasteiger charge is -2.24. The van der Waals surface area contributed by atoms with Gasteiger partial charge in [-0.15, -0.1) is 11.6 Å². The average molecular weight is 325 g/mol. The molecule has 0 radical (unpaired) electrons. The van der Waals surface area contributed by atoms with Crippen molar-refractivity contribution in [2.45, 2.75) is 51.5 Å². The van der Waals surface area contributed by atoms with Crippen LogP contribution in [0.25, 0.3) is 11.0 Å². The number of fused-ring (bicyclic) bond motifs is 1. The zero-order chi connectivity index (χ0) is 15.1. The lowest BCUT2D eigenvalue weighted by atomic mass is 9.93. The number of hydrogen-bond acceptors (Lipinski definition) is 1. The number of nitrogens with zero attached hydrogens (tertiary/aromatic N) is 2. The topological polar surface area (TPSA) is 17.8 Å². The van der Waals surface area contributed by atoms with Gasteiger partial charge in [0.25, 0.3) is 0 Å². The molecule has 0 bridgehead atoms. The van der Waals surface area contributed by atoms with Crippen LogP contribution in [0.1, 0.15) is 57.3 Å². The van der Waals surface area contributed by atoms with Crippen molar-refractivity contribution in [3.63, 3.8) is 0 Å². The number of aromatic nitrogens is 2. The molecule has 3 rings (SSSR count). The molecule has 4 unspecified atom stereocenters. The largest absolute Gasteiger partial charge is 0.323 e. The second-order valence-corrected chi connectivity index (χ2v) is 7.30. The van der Waals surface area contributed by atoms with Crippen LogP contribution in [-0.4, -0.2) is 9.55 Å². The molecule has 21 heavy (non-hydrogen) atoms. The fourth-order valence-corrected chi connectivity index (χ4v) is 4.26. The summed E-state index contributed by atoms with van der Waals surface area (Å²) in [5, 5.41) is 0.601. The molecule has 0 amide bonds. The minimum Gasteiger partial charge on any atom is -0.323 e. The maximum Gasteiger partial charge on any atom is 0.128 e. The Kier molecular flexibility index (Phi) is 4.20. The Morgan fingerprint density at radius 3 is 2.76 bits per heavy atom. The quantitative estimate of drug-likeness (QED) is 0.634. The van der Waals surface area contributed by atoms with Crippen molar-refractivity contribution >= 4 is 34.2 Å². The molecule has 4 heteroatoms. The van der Waals surface area contributed by atoms with Gasteiger partial charge in [0.05, 0.1) is 15.9 Å².